The molecule has 7 heteroatoms. The van der Waals surface area contributed by atoms with Gasteiger partial charge in [0.15, 0.2) is 5.56 Å². The van der Waals surface area contributed by atoms with E-state index < -0.39 is 5.97 Å². The molecule has 0 atom stereocenters. The van der Waals surface area contributed by atoms with Gasteiger partial charge >= 0.3 is 5.97 Å². The van der Waals surface area contributed by atoms with Crippen LogP contribution in [0.25, 0.3) is 0 Å². The second-order valence-corrected chi connectivity index (χ2v) is 2.29. The van der Waals surface area contributed by atoms with E-state index in [4.69, 9.17) is 15.6 Å². The molecule has 7 nitrogen and oxygen atoms in total. The van der Waals surface area contributed by atoms with Crippen LogP contribution in [0.5, 0.6) is 5.88 Å². The van der Waals surface area contributed by atoms with Crippen molar-refractivity contribution in [2.24, 2.45) is 0 Å². The summed E-state index contributed by atoms with van der Waals surface area (Å²) in [6.07, 6.45) is 0. The Morgan fingerprint density at radius 2 is 2.43 bits per heavy atom. The molecular weight excluding hydrogens is 192 g/mol. The largest absolute Gasteiger partial charge is 0.472 e. The number of rotatable bonds is 4. The summed E-state index contributed by atoms with van der Waals surface area (Å²) in [4.78, 5) is 11.1. The average Bonchev–Trinajstić information content (AvgIpc) is 2.55. The Morgan fingerprint density at radius 3 is 3.00 bits per heavy atom. The molecule has 1 aromatic rings. The minimum absolute atomic E-state index is 0.00400. The van der Waals surface area contributed by atoms with Crippen molar-refractivity contribution in [1.29, 1.82) is 0 Å². The van der Waals surface area contributed by atoms with Crippen molar-refractivity contribution in [2.75, 3.05) is 26.1 Å². The van der Waals surface area contributed by atoms with Crippen molar-refractivity contribution < 1.29 is 23.9 Å². The highest BCUT2D eigenvalue weighted by Gasteiger charge is 2.23. The third-order valence-corrected chi connectivity index (χ3v) is 1.41. The van der Waals surface area contributed by atoms with Crippen LogP contribution in [-0.4, -0.2) is 36.6 Å². The van der Waals surface area contributed by atoms with Crippen molar-refractivity contribution in [2.45, 2.75) is 0 Å². The first-order valence-electron chi connectivity index (χ1n) is 3.77. The fourth-order valence-electron chi connectivity index (χ4n) is 0.818. The van der Waals surface area contributed by atoms with Gasteiger partial charge in [0.25, 0.3) is 5.88 Å². The Balaban J connectivity index is 2.88. The van der Waals surface area contributed by atoms with E-state index in [-0.39, 0.29) is 30.5 Å². The third kappa shape index (κ3) is 1.94. The third-order valence-electron chi connectivity index (χ3n) is 1.41. The predicted octanol–water partition coefficient (Wildman–Crippen LogP) is -0.586. The Bertz CT molecular complexity index is 322. The van der Waals surface area contributed by atoms with E-state index >= 15 is 0 Å². The van der Waals surface area contributed by atoms with Crippen LogP contribution < -0.4 is 10.5 Å². The highest BCUT2D eigenvalue weighted by atomic mass is 16.6. The standard InChI is InChI=1S/C7H10N2O5/c1-12-7(11)4-5(8)14-9-6(4)13-3-2-10/h10H,2-3,8H2,1H3. The van der Waals surface area contributed by atoms with Gasteiger partial charge in [0.05, 0.1) is 13.7 Å². The number of anilines is 1. The molecular formula is C7H10N2O5. The normalized spacial score (nSPS) is 9.86. The van der Waals surface area contributed by atoms with E-state index in [9.17, 15) is 4.79 Å². The zero-order valence-electron chi connectivity index (χ0n) is 7.52. The molecule has 0 amide bonds. The molecule has 0 saturated heterocycles. The maximum Gasteiger partial charge on any atom is 0.349 e. The topological polar surface area (TPSA) is 108 Å². The quantitative estimate of drug-likeness (QED) is 0.628. The monoisotopic (exact) mass is 202 g/mol. The number of ether oxygens (including phenoxy) is 2. The van der Waals surface area contributed by atoms with E-state index in [1.807, 2.05) is 0 Å². The van der Waals surface area contributed by atoms with Gasteiger partial charge in [-0.25, -0.2) is 4.79 Å². The van der Waals surface area contributed by atoms with E-state index in [0.29, 0.717) is 0 Å². The lowest BCUT2D eigenvalue weighted by Gasteiger charge is -2.00. The summed E-state index contributed by atoms with van der Waals surface area (Å²) < 4.78 is 13.9. The number of hydrogen-bond donors (Lipinski definition) is 2. The molecule has 1 heterocycles. The number of methoxy groups -OCH3 is 1. The summed E-state index contributed by atoms with van der Waals surface area (Å²) in [6.45, 7) is -0.205. The highest BCUT2D eigenvalue weighted by Crippen LogP contribution is 2.23. The van der Waals surface area contributed by atoms with Gasteiger partial charge in [-0.1, -0.05) is 0 Å². The molecule has 14 heavy (non-hydrogen) atoms. The summed E-state index contributed by atoms with van der Waals surface area (Å²) in [5.74, 6) is -0.954. The summed E-state index contributed by atoms with van der Waals surface area (Å²) in [5.41, 5.74) is 5.25. The van der Waals surface area contributed by atoms with Crippen molar-refractivity contribution >= 4 is 11.9 Å². The van der Waals surface area contributed by atoms with E-state index in [1.165, 1.54) is 7.11 Å². The molecule has 3 N–H and O–H groups in total. The molecule has 0 radical (unpaired) electrons. The lowest BCUT2D eigenvalue weighted by Crippen LogP contribution is -2.08. The number of aliphatic hydroxyl groups excluding tert-OH is 1. The van der Waals surface area contributed by atoms with E-state index in [0.717, 1.165) is 0 Å². The molecule has 1 rings (SSSR count). The Hall–Kier alpha value is -1.76. The lowest BCUT2D eigenvalue weighted by molar-refractivity contribution is 0.0595. The molecule has 0 aliphatic rings. The fraction of sp³-hybridized carbons (Fsp3) is 0.429. The molecule has 0 fully saturated rings. The van der Waals surface area contributed by atoms with Gasteiger partial charge in [0.1, 0.15) is 6.61 Å². The minimum Gasteiger partial charge on any atom is -0.472 e. The number of carbonyl (C=O) groups excluding carboxylic acids is 1. The summed E-state index contributed by atoms with van der Waals surface area (Å²) in [6, 6.07) is 0. The first-order chi connectivity index (χ1) is 6.70. The van der Waals surface area contributed by atoms with E-state index in [2.05, 4.69) is 14.4 Å². The van der Waals surface area contributed by atoms with Gasteiger partial charge in [0, 0.05) is 0 Å². The van der Waals surface area contributed by atoms with Gasteiger partial charge in [-0.15, -0.1) is 0 Å². The zero-order chi connectivity index (χ0) is 10.6. The Morgan fingerprint density at radius 1 is 1.71 bits per heavy atom. The number of nitrogen functional groups attached to an aromatic ring is 1. The first-order valence-corrected chi connectivity index (χ1v) is 3.77. The van der Waals surface area contributed by atoms with Crippen LogP contribution in [0.15, 0.2) is 4.52 Å². The SMILES string of the molecule is COC(=O)c1c(OCCO)noc1N. The highest BCUT2D eigenvalue weighted by molar-refractivity contribution is 5.96. The Kier molecular flexibility index (Phi) is 3.29. The first kappa shape index (κ1) is 10.3. The van der Waals surface area contributed by atoms with Crippen LogP contribution in [-0.2, 0) is 4.74 Å². The second kappa shape index (κ2) is 4.47. The van der Waals surface area contributed by atoms with Crippen molar-refractivity contribution in [1.82, 2.24) is 5.16 Å². The minimum atomic E-state index is -0.698. The van der Waals surface area contributed by atoms with Gasteiger partial charge < -0.3 is 24.8 Å². The molecule has 0 aromatic carbocycles. The van der Waals surface area contributed by atoms with Crippen LogP contribution in [0.2, 0.25) is 0 Å². The van der Waals surface area contributed by atoms with Gasteiger partial charge in [-0.05, 0) is 5.16 Å². The number of aliphatic hydroxyl groups is 1. The lowest BCUT2D eigenvalue weighted by atomic mass is 10.3. The maximum atomic E-state index is 11.1. The molecule has 0 saturated carbocycles. The number of hydrogen-bond acceptors (Lipinski definition) is 7. The summed E-state index contributed by atoms with van der Waals surface area (Å²) in [5, 5.41) is 11.9. The number of aromatic nitrogens is 1. The molecule has 0 aliphatic carbocycles. The fourth-order valence-corrected chi connectivity index (χ4v) is 0.818. The summed E-state index contributed by atoms with van der Waals surface area (Å²) in [7, 11) is 1.20. The summed E-state index contributed by atoms with van der Waals surface area (Å²) >= 11 is 0. The van der Waals surface area contributed by atoms with Gasteiger partial charge in [0.2, 0.25) is 5.88 Å². The van der Waals surface area contributed by atoms with Crippen LogP contribution >= 0.6 is 0 Å². The smallest absolute Gasteiger partial charge is 0.349 e. The van der Waals surface area contributed by atoms with Crippen LogP contribution in [0.1, 0.15) is 10.4 Å². The number of esters is 1. The van der Waals surface area contributed by atoms with Gasteiger partial charge in [-0.3, -0.25) is 0 Å². The number of nitrogens with two attached hydrogens (primary N) is 1. The van der Waals surface area contributed by atoms with Gasteiger partial charge in [-0.2, -0.15) is 0 Å². The second-order valence-electron chi connectivity index (χ2n) is 2.29. The average molecular weight is 202 g/mol. The number of carbonyl (C=O) groups is 1. The van der Waals surface area contributed by atoms with Crippen LogP contribution in [0.3, 0.4) is 0 Å². The molecule has 78 valence electrons. The molecule has 1 aromatic heterocycles. The predicted molar refractivity (Wildman–Crippen MR) is 44.8 cm³/mol. The zero-order valence-corrected chi connectivity index (χ0v) is 7.52. The van der Waals surface area contributed by atoms with E-state index in [1.54, 1.807) is 0 Å². The van der Waals surface area contributed by atoms with Crippen molar-refractivity contribution in [3.05, 3.63) is 5.56 Å². The van der Waals surface area contributed by atoms with Crippen molar-refractivity contribution in [3.8, 4) is 5.88 Å². The molecule has 0 bridgehead atoms. The maximum absolute atomic E-state index is 11.1. The molecule has 0 aliphatic heterocycles. The van der Waals surface area contributed by atoms with Crippen LogP contribution in [0, 0.1) is 0 Å². The number of nitrogens with zero attached hydrogens (tertiary/aromatic N) is 1. The van der Waals surface area contributed by atoms with Crippen LogP contribution in [0.4, 0.5) is 5.88 Å². The molecule has 0 spiro atoms. The van der Waals surface area contributed by atoms with Crippen molar-refractivity contribution in [3.63, 3.8) is 0 Å². The Labute approximate surface area is 79.4 Å². The molecule has 0 unspecified atom stereocenters.